The molecular weight excluding hydrogens is 338 g/mol. The van der Waals surface area contributed by atoms with Gasteiger partial charge in [-0.05, 0) is 37.6 Å². The Balaban J connectivity index is 1.53. The van der Waals surface area contributed by atoms with Gasteiger partial charge in [0.05, 0.1) is 12.0 Å². The third kappa shape index (κ3) is 3.09. The van der Waals surface area contributed by atoms with Gasteiger partial charge in [0.1, 0.15) is 17.2 Å². The lowest BCUT2D eigenvalue weighted by molar-refractivity contribution is 0.0231. The predicted octanol–water partition coefficient (Wildman–Crippen LogP) is 3.75. The molecule has 2 aliphatic rings. The first kappa shape index (κ1) is 16.3. The number of nitrogens with zero attached hydrogens (tertiary/aromatic N) is 3. The molecule has 0 radical (unpaired) electrons. The highest BCUT2D eigenvalue weighted by molar-refractivity contribution is 6.28. The fourth-order valence-corrected chi connectivity index (χ4v) is 3.93. The zero-order chi connectivity index (χ0) is 17.6. The highest BCUT2D eigenvalue weighted by atomic mass is 35.5. The fourth-order valence-electron chi connectivity index (χ4n) is 3.71. The molecule has 0 amide bonds. The number of aryl methyl sites for hydroxylation is 2. The topological polar surface area (TPSA) is 55.3 Å². The van der Waals surface area contributed by atoms with Gasteiger partial charge in [0.2, 0.25) is 5.28 Å². The summed E-state index contributed by atoms with van der Waals surface area (Å²) in [4.78, 5) is 23.2. The Kier molecular flexibility index (Phi) is 3.91. The second-order valence-corrected chi connectivity index (χ2v) is 7.35. The minimum atomic E-state index is -0.401. The van der Waals surface area contributed by atoms with Crippen LogP contribution >= 0.6 is 11.6 Å². The monoisotopic (exact) mass is 357 g/mol. The van der Waals surface area contributed by atoms with Crippen LogP contribution in [0.4, 0.5) is 5.82 Å². The molecule has 2 aliphatic heterocycles. The number of ether oxygens (including phenoxy) is 1. The van der Waals surface area contributed by atoms with Crippen molar-refractivity contribution in [1.82, 2.24) is 9.97 Å². The van der Waals surface area contributed by atoms with Gasteiger partial charge >= 0.3 is 0 Å². The summed E-state index contributed by atoms with van der Waals surface area (Å²) in [5.74, 6) is 1.74. The van der Waals surface area contributed by atoms with Crippen molar-refractivity contribution < 1.29 is 9.53 Å². The standard InChI is InChI=1S/C19H20ClN3O2/c1-12-3-4-16-14(9-12)15(24)11-19(25-16)5-7-23(8-6-19)17-10-13(2)21-18(20)22-17/h3-4,9-10H,5-8,11H2,1-2H3. The summed E-state index contributed by atoms with van der Waals surface area (Å²) in [6.45, 7) is 5.46. The molecule has 0 N–H and O–H groups in total. The van der Waals surface area contributed by atoms with Gasteiger partial charge in [-0.25, -0.2) is 9.97 Å². The van der Waals surface area contributed by atoms with Crippen LogP contribution < -0.4 is 9.64 Å². The molecule has 0 aliphatic carbocycles. The Labute approximate surface area is 152 Å². The second-order valence-electron chi connectivity index (χ2n) is 7.01. The summed E-state index contributed by atoms with van der Waals surface area (Å²) in [5, 5.41) is 0.267. The third-order valence-corrected chi connectivity index (χ3v) is 5.23. The van der Waals surface area contributed by atoms with Crippen molar-refractivity contribution >= 4 is 23.2 Å². The van der Waals surface area contributed by atoms with Crippen LogP contribution in [0.2, 0.25) is 5.28 Å². The lowest BCUT2D eigenvalue weighted by atomic mass is 9.82. The Bertz CT molecular complexity index is 824. The van der Waals surface area contributed by atoms with Crippen molar-refractivity contribution in [3.63, 3.8) is 0 Å². The van der Waals surface area contributed by atoms with Crippen LogP contribution in [0.25, 0.3) is 0 Å². The van der Waals surface area contributed by atoms with Crippen molar-refractivity contribution in [2.75, 3.05) is 18.0 Å². The third-order valence-electron chi connectivity index (χ3n) is 5.06. The number of fused-ring (bicyclic) bond motifs is 1. The molecule has 4 rings (SSSR count). The van der Waals surface area contributed by atoms with E-state index in [1.54, 1.807) is 0 Å². The number of Topliss-reactive ketones (excluding diaryl/α,β-unsaturated/α-hetero) is 1. The molecule has 5 nitrogen and oxygen atoms in total. The van der Waals surface area contributed by atoms with Crippen LogP contribution in [0.1, 0.15) is 40.9 Å². The molecule has 0 saturated carbocycles. The average molecular weight is 358 g/mol. The minimum Gasteiger partial charge on any atom is -0.486 e. The molecule has 0 atom stereocenters. The zero-order valence-electron chi connectivity index (χ0n) is 14.4. The van der Waals surface area contributed by atoms with Crippen LogP contribution in [-0.2, 0) is 0 Å². The smallest absolute Gasteiger partial charge is 0.224 e. The van der Waals surface area contributed by atoms with Crippen LogP contribution in [0.15, 0.2) is 24.3 Å². The zero-order valence-corrected chi connectivity index (χ0v) is 15.1. The number of anilines is 1. The van der Waals surface area contributed by atoms with Crippen molar-refractivity contribution in [3.05, 3.63) is 46.4 Å². The number of piperidine rings is 1. The summed E-state index contributed by atoms with van der Waals surface area (Å²) in [6, 6.07) is 7.77. The van der Waals surface area contributed by atoms with Gasteiger partial charge in [0.25, 0.3) is 0 Å². The number of aromatic nitrogens is 2. The minimum absolute atomic E-state index is 0.180. The molecule has 130 valence electrons. The van der Waals surface area contributed by atoms with Crippen molar-refractivity contribution in [1.29, 1.82) is 0 Å². The summed E-state index contributed by atoms with van der Waals surface area (Å²) < 4.78 is 6.31. The molecule has 1 aromatic heterocycles. The van der Waals surface area contributed by atoms with E-state index in [1.807, 2.05) is 38.1 Å². The van der Waals surface area contributed by atoms with Gasteiger partial charge < -0.3 is 9.64 Å². The highest BCUT2D eigenvalue weighted by Gasteiger charge is 2.43. The van der Waals surface area contributed by atoms with Crippen molar-refractivity contribution in [2.24, 2.45) is 0 Å². The Morgan fingerprint density at radius 2 is 1.92 bits per heavy atom. The van der Waals surface area contributed by atoms with Crippen LogP contribution in [0.3, 0.4) is 0 Å². The van der Waals surface area contributed by atoms with E-state index in [9.17, 15) is 4.79 Å². The molecule has 1 aromatic carbocycles. The van der Waals surface area contributed by atoms with Gasteiger partial charge in [-0.15, -0.1) is 0 Å². The molecule has 0 bridgehead atoms. The Morgan fingerprint density at radius 1 is 1.16 bits per heavy atom. The van der Waals surface area contributed by atoms with E-state index in [0.717, 1.165) is 48.8 Å². The van der Waals surface area contributed by atoms with Gasteiger partial charge in [0.15, 0.2) is 5.78 Å². The van der Waals surface area contributed by atoms with E-state index in [-0.39, 0.29) is 11.1 Å². The predicted molar refractivity (Wildman–Crippen MR) is 96.7 cm³/mol. The van der Waals surface area contributed by atoms with E-state index in [4.69, 9.17) is 16.3 Å². The maximum atomic E-state index is 12.6. The molecule has 0 unspecified atom stereocenters. The molecular formula is C19H20ClN3O2. The first-order valence-electron chi connectivity index (χ1n) is 8.53. The summed E-state index contributed by atoms with van der Waals surface area (Å²) in [5.41, 5.74) is 2.24. The van der Waals surface area contributed by atoms with Gasteiger partial charge in [-0.2, -0.15) is 0 Å². The van der Waals surface area contributed by atoms with Gasteiger partial charge in [-0.1, -0.05) is 11.6 Å². The molecule has 6 heteroatoms. The molecule has 1 spiro atoms. The van der Waals surface area contributed by atoms with Crippen LogP contribution in [0.5, 0.6) is 5.75 Å². The number of benzene rings is 1. The Morgan fingerprint density at radius 3 is 2.64 bits per heavy atom. The number of carbonyl (C=O) groups is 1. The van der Waals surface area contributed by atoms with E-state index in [2.05, 4.69) is 14.9 Å². The lowest BCUT2D eigenvalue weighted by Gasteiger charge is -2.44. The van der Waals surface area contributed by atoms with E-state index >= 15 is 0 Å². The normalized spacial score (nSPS) is 18.8. The van der Waals surface area contributed by atoms with E-state index in [1.165, 1.54) is 0 Å². The van der Waals surface area contributed by atoms with E-state index in [0.29, 0.717) is 12.0 Å². The summed E-state index contributed by atoms with van der Waals surface area (Å²) in [7, 11) is 0. The SMILES string of the molecule is Cc1ccc2c(c1)C(=O)CC1(CCN(c3cc(C)nc(Cl)n3)CC1)O2. The van der Waals surface area contributed by atoms with Gasteiger partial charge in [0, 0.05) is 37.7 Å². The van der Waals surface area contributed by atoms with Crippen molar-refractivity contribution in [2.45, 2.75) is 38.7 Å². The Hall–Kier alpha value is -2.14. The quantitative estimate of drug-likeness (QED) is 0.727. The first-order chi connectivity index (χ1) is 11.9. The average Bonchev–Trinajstić information content (AvgIpc) is 2.55. The number of carbonyl (C=O) groups excluding carboxylic acids is 1. The van der Waals surface area contributed by atoms with Gasteiger partial charge in [-0.3, -0.25) is 4.79 Å². The van der Waals surface area contributed by atoms with Crippen LogP contribution in [-0.4, -0.2) is 34.4 Å². The number of halogens is 1. The first-order valence-corrected chi connectivity index (χ1v) is 8.91. The maximum absolute atomic E-state index is 12.6. The number of ketones is 1. The van der Waals surface area contributed by atoms with Crippen LogP contribution in [0, 0.1) is 13.8 Å². The number of hydrogen-bond acceptors (Lipinski definition) is 5. The lowest BCUT2D eigenvalue weighted by Crippen LogP contribution is -2.51. The highest BCUT2D eigenvalue weighted by Crippen LogP contribution is 2.40. The summed E-state index contributed by atoms with van der Waals surface area (Å²) in [6.07, 6.45) is 2.01. The second kappa shape index (κ2) is 5.99. The largest absolute Gasteiger partial charge is 0.486 e. The fraction of sp³-hybridized carbons (Fsp3) is 0.421. The number of hydrogen-bond donors (Lipinski definition) is 0. The van der Waals surface area contributed by atoms with E-state index < -0.39 is 5.60 Å². The molecule has 1 saturated heterocycles. The molecule has 1 fully saturated rings. The molecule has 2 aromatic rings. The van der Waals surface area contributed by atoms with Crippen molar-refractivity contribution in [3.8, 4) is 5.75 Å². The summed E-state index contributed by atoms with van der Waals surface area (Å²) >= 11 is 5.98. The molecule has 3 heterocycles. The molecule has 25 heavy (non-hydrogen) atoms. The maximum Gasteiger partial charge on any atom is 0.224 e. The number of rotatable bonds is 1.